The van der Waals surface area contributed by atoms with Gasteiger partial charge >= 0.3 is 6.09 Å². The molecule has 0 aliphatic carbocycles. The first kappa shape index (κ1) is 45.1. The van der Waals surface area contributed by atoms with Crippen molar-refractivity contribution in [3.05, 3.63) is 58.2 Å². The zero-order valence-electron chi connectivity index (χ0n) is 35.8. The number of nitrogens with one attached hydrogen (secondary N) is 2. The molecule has 2 saturated heterocycles. The van der Waals surface area contributed by atoms with Gasteiger partial charge in [0, 0.05) is 86.5 Å². The minimum absolute atomic E-state index is 0.00951. The van der Waals surface area contributed by atoms with E-state index in [9.17, 15) is 19.5 Å². The highest BCUT2D eigenvalue weighted by Gasteiger charge is 2.33. The van der Waals surface area contributed by atoms with Crippen molar-refractivity contribution in [1.82, 2.24) is 30.3 Å². The first-order valence-electron chi connectivity index (χ1n) is 20.7. The quantitative estimate of drug-likeness (QED) is 0.101. The van der Waals surface area contributed by atoms with Crippen LogP contribution >= 0.6 is 11.3 Å². The molecule has 6 rings (SSSR count). The molecule has 2 fully saturated rings. The van der Waals surface area contributed by atoms with Gasteiger partial charge in [0.2, 0.25) is 0 Å². The summed E-state index contributed by atoms with van der Waals surface area (Å²) in [6.45, 7) is 14.6. The molecule has 15 nitrogen and oxygen atoms in total. The number of rotatable bonds is 17. The van der Waals surface area contributed by atoms with Crippen LogP contribution in [0.3, 0.4) is 0 Å². The molecule has 2 aliphatic heterocycles. The number of hydrogen-bond donors (Lipinski definition) is 3. The molecule has 1 unspecified atom stereocenters. The fourth-order valence-corrected chi connectivity index (χ4v) is 8.52. The molecule has 0 radical (unpaired) electrons. The van der Waals surface area contributed by atoms with Gasteiger partial charge in [-0.3, -0.25) is 19.6 Å². The van der Waals surface area contributed by atoms with Gasteiger partial charge in [0.15, 0.2) is 6.23 Å². The van der Waals surface area contributed by atoms with E-state index in [0.29, 0.717) is 63.7 Å². The lowest BCUT2D eigenvalue weighted by atomic mass is 9.84. The second-order valence-electron chi connectivity index (χ2n) is 17.2. The molecular formula is C44H60N6O9S. The summed E-state index contributed by atoms with van der Waals surface area (Å²) in [4.78, 5) is 47.8. The van der Waals surface area contributed by atoms with Crippen LogP contribution in [0.2, 0.25) is 0 Å². The monoisotopic (exact) mass is 848 g/mol. The number of aliphatic hydroxyl groups excluding tert-OH is 1. The molecule has 0 spiro atoms. The van der Waals surface area contributed by atoms with Crippen molar-refractivity contribution in [3.8, 4) is 22.5 Å². The Kier molecular flexibility index (Phi) is 15.0. The zero-order chi connectivity index (χ0) is 43.0. The number of carbonyl (C=O) groups is 3. The second-order valence-corrected chi connectivity index (χ2v) is 18.2. The van der Waals surface area contributed by atoms with E-state index in [4.69, 9.17) is 33.7 Å². The van der Waals surface area contributed by atoms with Crippen LogP contribution in [-0.2, 0) is 52.7 Å². The number of benzene rings is 1. The van der Waals surface area contributed by atoms with Crippen molar-refractivity contribution in [2.75, 3.05) is 40.1 Å². The average Bonchev–Trinajstić information content (AvgIpc) is 3.81. The van der Waals surface area contributed by atoms with E-state index < -0.39 is 35.3 Å². The largest absolute Gasteiger partial charge is 0.447 e. The van der Waals surface area contributed by atoms with Gasteiger partial charge in [0.1, 0.15) is 11.6 Å². The molecule has 16 heteroatoms. The predicted molar refractivity (Wildman–Crippen MR) is 228 cm³/mol. The normalized spacial score (nSPS) is 17.7. The number of hydrogen-bond acceptors (Lipinski definition) is 13. The van der Waals surface area contributed by atoms with E-state index in [2.05, 4.69) is 53.4 Å². The topological polar surface area (TPSA) is 176 Å². The third-order valence-electron chi connectivity index (χ3n) is 10.8. The van der Waals surface area contributed by atoms with Gasteiger partial charge < -0.3 is 38.7 Å². The number of thiazole rings is 1. The first-order valence-corrected chi connectivity index (χ1v) is 21.6. The van der Waals surface area contributed by atoms with Gasteiger partial charge in [-0.05, 0) is 88.6 Å². The molecule has 60 heavy (non-hydrogen) atoms. The van der Waals surface area contributed by atoms with Gasteiger partial charge in [-0.25, -0.2) is 9.78 Å². The molecular weight excluding hydrogens is 789 g/mol. The molecule has 3 atom stereocenters. The second kappa shape index (κ2) is 19.9. The number of methoxy groups -OCH3 is 1. The van der Waals surface area contributed by atoms with Gasteiger partial charge in [-0.15, -0.1) is 11.3 Å². The van der Waals surface area contributed by atoms with Gasteiger partial charge in [0.25, 0.3) is 12.4 Å². The van der Waals surface area contributed by atoms with Crippen LogP contribution in [-0.4, -0.2) is 107 Å². The summed E-state index contributed by atoms with van der Waals surface area (Å²) in [5.74, 6) is -0.401. The maximum Gasteiger partial charge on any atom is 0.408 e. The number of alkyl carbamates (subject to hydrolysis) is 1. The highest BCUT2D eigenvalue weighted by Crippen LogP contribution is 2.42. The molecule has 2 amide bonds. The van der Waals surface area contributed by atoms with Crippen LogP contribution in [0.5, 0.6) is 0 Å². The summed E-state index contributed by atoms with van der Waals surface area (Å²) in [7, 11) is 1.68. The summed E-state index contributed by atoms with van der Waals surface area (Å²) in [6.07, 6.45) is 3.85. The first-order chi connectivity index (χ1) is 28.7. The van der Waals surface area contributed by atoms with Crippen LogP contribution in [0.1, 0.15) is 89.6 Å². The summed E-state index contributed by atoms with van der Waals surface area (Å²) in [5, 5.41) is 18.3. The number of aromatic nitrogens is 3. The van der Waals surface area contributed by atoms with Crippen LogP contribution in [0.25, 0.3) is 33.4 Å². The van der Waals surface area contributed by atoms with Crippen LogP contribution in [0, 0.1) is 5.41 Å². The Hall–Kier alpha value is -4.45. The summed E-state index contributed by atoms with van der Waals surface area (Å²) in [6, 6.07) is 9.33. The number of ether oxygens (including phenoxy) is 5. The molecule has 3 aromatic heterocycles. The van der Waals surface area contributed by atoms with Gasteiger partial charge in [0.05, 0.1) is 40.9 Å². The van der Waals surface area contributed by atoms with E-state index in [-0.39, 0.29) is 25.2 Å². The molecule has 2 aliphatic rings. The number of amides is 2. The Bertz CT molecular complexity index is 2090. The van der Waals surface area contributed by atoms with Gasteiger partial charge in [-0.1, -0.05) is 19.9 Å². The Balaban J connectivity index is 1.38. The Morgan fingerprint density at radius 2 is 1.93 bits per heavy atom. The maximum atomic E-state index is 13.9. The van der Waals surface area contributed by atoms with Crippen LogP contribution in [0.4, 0.5) is 4.79 Å². The lowest BCUT2D eigenvalue weighted by Crippen LogP contribution is -2.59. The number of nitrogens with zero attached hydrogens (tertiary/aromatic N) is 4. The van der Waals surface area contributed by atoms with E-state index in [1.807, 2.05) is 18.4 Å². The minimum Gasteiger partial charge on any atom is -0.447 e. The van der Waals surface area contributed by atoms with Crippen LogP contribution in [0.15, 0.2) is 41.9 Å². The summed E-state index contributed by atoms with van der Waals surface area (Å²) in [5.41, 5.74) is 8.19. The number of carbonyl (C=O) groups excluding carboxylic acids is 3. The van der Waals surface area contributed by atoms with Crippen molar-refractivity contribution in [1.29, 1.82) is 0 Å². The number of aliphatic hydroxyl groups is 1. The standard InChI is InChI=1S/C44H60N6O9S/c1-28(55-7)39-31(10-8-16-45-39)40-33(24-44(5,6)26-51)32-22-29(12-13-36(32)49(40)18-21-57-30-14-19-56-20-15-30)35-25-60-38(46-35)23-34(47-42(54)59-43(2,3)4)41(53)50-17-9-11-37(48-50)58-27-52/h8,10,12-13,16,22,25,27-28,30,34,37,48,51H,9,11,14-15,17-21,23-24,26H2,1-7H3,(H,47,54)/t28-,34-,37?/m0/s1. The fraction of sp³-hybridized carbons (Fsp3) is 0.568. The van der Waals surface area contributed by atoms with Crippen LogP contribution < -0.4 is 10.7 Å². The molecule has 0 saturated carbocycles. The highest BCUT2D eigenvalue weighted by atomic mass is 32.1. The zero-order valence-corrected chi connectivity index (χ0v) is 36.6. The summed E-state index contributed by atoms with van der Waals surface area (Å²) >= 11 is 1.40. The molecule has 4 aromatic rings. The number of pyridine rings is 1. The van der Waals surface area contributed by atoms with E-state index in [0.717, 1.165) is 57.5 Å². The lowest BCUT2D eigenvalue weighted by Gasteiger charge is -2.34. The molecule has 1 aromatic carbocycles. The van der Waals surface area contributed by atoms with E-state index >= 15 is 0 Å². The Morgan fingerprint density at radius 3 is 2.65 bits per heavy atom. The third kappa shape index (κ3) is 11.3. The van der Waals surface area contributed by atoms with Crippen molar-refractivity contribution in [2.45, 2.75) is 117 Å². The van der Waals surface area contributed by atoms with E-state index in [1.165, 1.54) is 16.3 Å². The average molecular weight is 849 g/mol. The Morgan fingerprint density at radius 1 is 1.15 bits per heavy atom. The predicted octanol–water partition coefficient (Wildman–Crippen LogP) is 6.35. The maximum absolute atomic E-state index is 13.9. The van der Waals surface area contributed by atoms with Crippen molar-refractivity contribution in [3.63, 3.8) is 0 Å². The van der Waals surface area contributed by atoms with Crippen molar-refractivity contribution >= 4 is 40.7 Å². The molecule has 3 N–H and O–H groups in total. The molecule has 5 heterocycles. The smallest absolute Gasteiger partial charge is 0.408 e. The van der Waals surface area contributed by atoms with Gasteiger partial charge in [-0.2, -0.15) is 5.43 Å². The summed E-state index contributed by atoms with van der Waals surface area (Å²) < 4.78 is 30.7. The molecule has 0 bridgehead atoms. The van der Waals surface area contributed by atoms with Crippen molar-refractivity contribution < 1.29 is 43.2 Å². The van der Waals surface area contributed by atoms with E-state index in [1.54, 1.807) is 34.1 Å². The highest BCUT2D eigenvalue weighted by molar-refractivity contribution is 7.10. The molecule has 326 valence electrons. The third-order valence-corrected chi connectivity index (χ3v) is 11.6. The van der Waals surface area contributed by atoms with Crippen molar-refractivity contribution in [2.24, 2.45) is 5.41 Å². The lowest BCUT2D eigenvalue weighted by molar-refractivity contribution is -0.153. The Labute approximate surface area is 356 Å². The number of fused-ring (bicyclic) bond motifs is 1. The SMILES string of the molecule is CO[C@@H](C)c1ncccc1-c1c(CC(C)(C)CO)c2cc(-c3csc(C[C@H](NC(=O)OC(C)(C)C)C(=O)N4CCCC(OC=O)N4)n3)ccc2n1CCOC1CCOCC1. The minimum atomic E-state index is -1.01. The number of hydrazine groups is 1. The fourth-order valence-electron chi connectivity index (χ4n) is 7.67.